The number of rotatable bonds is 4. The van der Waals surface area contributed by atoms with Gasteiger partial charge in [0.15, 0.2) is 11.6 Å². The maximum Gasteiger partial charge on any atom is 0.182 e. The van der Waals surface area contributed by atoms with Crippen LogP contribution in [-0.4, -0.2) is 18.8 Å². The number of halogens is 3. The van der Waals surface area contributed by atoms with Gasteiger partial charge in [0.2, 0.25) is 0 Å². The highest BCUT2D eigenvalue weighted by atomic mass is 79.9. The van der Waals surface area contributed by atoms with Gasteiger partial charge in [-0.15, -0.1) is 0 Å². The molecule has 0 aliphatic rings. The van der Waals surface area contributed by atoms with E-state index < -0.39 is 11.6 Å². The Morgan fingerprint density at radius 2 is 2.13 bits per heavy atom. The van der Waals surface area contributed by atoms with E-state index in [0.29, 0.717) is 18.4 Å². The lowest BCUT2D eigenvalue weighted by atomic mass is 10.1. The lowest BCUT2D eigenvalue weighted by Crippen LogP contribution is -2.00. The van der Waals surface area contributed by atoms with Gasteiger partial charge in [0.05, 0.1) is 11.6 Å². The van der Waals surface area contributed by atoms with Gasteiger partial charge >= 0.3 is 0 Å². The Morgan fingerprint density at radius 3 is 2.67 bits per heavy atom. The van der Waals surface area contributed by atoms with Crippen molar-refractivity contribution in [3.05, 3.63) is 27.7 Å². The molecule has 15 heavy (non-hydrogen) atoms. The van der Waals surface area contributed by atoms with E-state index in [1.807, 2.05) is 0 Å². The monoisotopic (exact) mass is 280 g/mol. The highest BCUT2D eigenvalue weighted by molar-refractivity contribution is 9.10. The summed E-state index contributed by atoms with van der Waals surface area (Å²) in [7, 11) is 1.32. The number of aliphatic hydroxyl groups is 1. The van der Waals surface area contributed by atoms with Gasteiger partial charge in [-0.05, 0) is 34.8 Å². The van der Waals surface area contributed by atoms with Gasteiger partial charge in [-0.2, -0.15) is 0 Å². The van der Waals surface area contributed by atoms with Crippen LogP contribution in [0, 0.1) is 11.6 Å². The Bertz CT molecular complexity index is 356. The van der Waals surface area contributed by atoms with Crippen LogP contribution in [0.4, 0.5) is 8.78 Å². The van der Waals surface area contributed by atoms with Crippen molar-refractivity contribution in [1.29, 1.82) is 0 Å². The van der Waals surface area contributed by atoms with Gasteiger partial charge < -0.3 is 9.84 Å². The van der Waals surface area contributed by atoms with Gasteiger partial charge in [0.1, 0.15) is 5.82 Å². The standard InChI is InChI=1S/C10H11BrF2O2/c1-15-10-6(3-2-4-14)5-7(12)8(11)9(10)13/h5,14H,2-4H2,1H3. The van der Waals surface area contributed by atoms with Gasteiger partial charge in [-0.1, -0.05) is 0 Å². The molecular formula is C10H11BrF2O2. The van der Waals surface area contributed by atoms with Crippen LogP contribution in [0.25, 0.3) is 0 Å². The average molecular weight is 281 g/mol. The molecule has 0 saturated carbocycles. The Balaban J connectivity index is 3.13. The third-order valence-corrected chi connectivity index (χ3v) is 2.73. The molecule has 0 atom stereocenters. The molecule has 0 spiro atoms. The van der Waals surface area contributed by atoms with E-state index >= 15 is 0 Å². The number of hydrogen-bond acceptors (Lipinski definition) is 2. The lowest BCUT2D eigenvalue weighted by Gasteiger charge is -2.10. The molecule has 0 fully saturated rings. The van der Waals surface area contributed by atoms with Crippen molar-refractivity contribution in [3.8, 4) is 5.75 Å². The maximum atomic E-state index is 13.5. The average Bonchev–Trinajstić information content (AvgIpc) is 2.23. The maximum absolute atomic E-state index is 13.5. The van der Waals surface area contributed by atoms with E-state index in [4.69, 9.17) is 9.84 Å². The zero-order valence-corrected chi connectivity index (χ0v) is 9.77. The molecule has 0 aliphatic heterocycles. The molecule has 1 aromatic carbocycles. The van der Waals surface area contributed by atoms with E-state index in [1.54, 1.807) is 0 Å². The number of aryl methyl sites for hydroxylation is 1. The number of hydrogen-bond donors (Lipinski definition) is 1. The first-order chi connectivity index (χ1) is 7.11. The van der Waals surface area contributed by atoms with E-state index in [-0.39, 0.29) is 16.8 Å². The first kappa shape index (κ1) is 12.4. The quantitative estimate of drug-likeness (QED) is 0.860. The van der Waals surface area contributed by atoms with Crippen molar-refractivity contribution in [2.24, 2.45) is 0 Å². The Kier molecular flexibility index (Phi) is 4.47. The summed E-state index contributed by atoms with van der Waals surface area (Å²) in [6, 6.07) is 1.21. The first-order valence-electron chi connectivity index (χ1n) is 4.43. The second-order valence-electron chi connectivity index (χ2n) is 3.01. The number of ether oxygens (including phenoxy) is 1. The summed E-state index contributed by atoms with van der Waals surface area (Å²) in [5.74, 6) is -1.39. The van der Waals surface area contributed by atoms with E-state index in [0.717, 1.165) is 0 Å². The molecule has 0 aromatic heterocycles. The highest BCUT2D eigenvalue weighted by Gasteiger charge is 2.16. The van der Waals surface area contributed by atoms with Crippen molar-refractivity contribution in [1.82, 2.24) is 0 Å². The van der Waals surface area contributed by atoms with Crippen molar-refractivity contribution in [3.63, 3.8) is 0 Å². The fourth-order valence-corrected chi connectivity index (χ4v) is 1.60. The van der Waals surface area contributed by atoms with Crippen LogP contribution in [0.2, 0.25) is 0 Å². The number of benzene rings is 1. The SMILES string of the molecule is COc1c(CCCO)cc(F)c(Br)c1F. The lowest BCUT2D eigenvalue weighted by molar-refractivity contribution is 0.287. The fraction of sp³-hybridized carbons (Fsp3) is 0.400. The van der Waals surface area contributed by atoms with Crippen molar-refractivity contribution >= 4 is 15.9 Å². The summed E-state index contributed by atoms with van der Waals surface area (Å²) in [6.07, 6.45) is 0.817. The van der Waals surface area contributed by atoms with Crippen LogP contribution in [0.5, 0.6) is 5.75 Å². The van der Waals surface area contributed by atoms with E-state index in [9.17, 15) is 8.78 Å². The second kappa shape index (κ2) is 5.42. The fourth-order valence-electron chi connectivity index (χ4n) is 1.30. The van der Waals surface area contributed by atoms with E-state index in [2.05, 4.69) is 15.9 Å². The molecule has 0 aliphatic carbocycles. The third-order valence-electron chi connectivity index (χ3n) is 2.00. The molecule has 1 N–H and O–H groups in total. The Labute approximate surface area is 95.0 Å². The normalized spacial score (nSPS) is 10.5. The van der Waals surface area contributed by atoms with Gasteiger partial charge in [-0.25, -0.2) is 8.78 Å². The topological polar surface area (TPSA) is 29.5 Å². The van der Waals surface area contributed by atoms with Crippen molar-refractivity contribution in [2.75, 3.05) is 13.7 Å². The molecule has 5 heteroatoms. The van der Waals surface area contributed by atoms with Crippen LogP contribution in [0.3, 0.4) is 0 Å². The molecule has 0 amide bonds. The summed E-state index contributed by atoms with van der Waals surface area (Å²) in [6.45, 7) is -0.0253. The van der Waals surface area contributed by atoms with Crippen LogP contribution in [-0.2, 0) is 6.42 Å². The van der Waals surface area contributed by atoms with E-state index in [1.165, 1.54) is 13.2 Å². The summed E-state index contributed by atoms with van der Waals surface area (Å²) in [4.78, 5) is 0. The summed E-state index contributed by atoms with van der Waals surface area (Å²) >= 11 is 2.79. The Morgan fingerprint density at radius 1 is 1.47 bits per heavy atom. The minimum absolute atomic E-state index is 0.0247. The summed E-state index contributed by atoms with van der Waals surface area (Å²) < 4.78 is 31.3. The highest BCUT2D eigenvalue weighted by Crippen LogP contribution is 2.32. The van der Waals surface area contributed by atoms with Crippen molar-refractivity contribution in [2.45, 2.75) is 12.8 Å². The second-order valence-corrected chi connectivity index (χ2v) is 3.80. The molecule has 84 valence electrons. The smallest absolute Gasteiger partial charge is 0.182 e. The van der Waals surface area contributed by atoms with Gasteiger partial charge in [0, 0.05) is 12.2 Å². The molecule has 2 nitrogen and oxygen atoms in total. The summed E-state index contributed by atoms with van der Waals surface area (Å²) in [5.41, 5.74) is 0.421. The molecular weight excluding hydrogens is 270 g/mol. The van der Waals surface area contributed by atoms with Crippen LogP contribution in [0.1, 0.15) is 12.0 Å². The molecule has 0 unspecified atom stereocenters. The predicted molar refractivity (Wildman–Crippen MR) is 56.0 cm³/mol. The van der Waals surface area contributed by atoms with Crippen LogP contribution < -0.4 is 4.74 Å². The molecule has 0 saturated heterocycles. The predicted octanol–water partition coefficient (Wildman–Crippen LogP) is 2.66. The van der Waals surface area contributed by atoms with Crippen molar-refractivity contribution < 1.29 is 18.6 Å². The first-order valence-corrected chi connectivity index (χ1v) is 5.22. The molecule has 0 radical (unpaired) electrons. The Hall–Kier alpha value is -0.680. The minimum Gasteiger partial charge on any atom is -0.493 e. The summed E-state index contributed by atoms with van der Waals surface area (Å²) in [5, 5.41) is 8.65. The van der Waals surface area contributed by atoms with Crippen LogP contribution >= 0.6 is 15.9 Å². The zero-order chi connectivity index (χ0) is 11.4. The molecule has 1 aromatic rings. The third kappa shape index (κ3) is 2.66. The number of methoxy groups -OCH3 is 1. The molecule has 0 heterocycles. The van der Waals surface area contributed by atoms with Crippen LogP contribution in [0.15, 0.2) is 10.5 Å². The van der Waals surface area contributed by atoms with Gasteiger partial charge in [-0.3, -0.25) is 0 Å². The number of aliphatic hydroxyl groups excluding tert-OH is 1. The molecule has 1 rings (SSSR count). The molecule has 0 bridgehead atoms. The minimum atomic E-state index is -0.745. The zero-order valence-electron chi connectivity index (χ0n) is 8.19. The van der Waals surface area contributed by atoms with Gasteiger partial charge in [0.25, 0.3) is 0 Å². The largest absolute Gasteiger partial charge is 0.493 e.